The summed E-state index contributed by atoms with van der Waals surface area (Å²) in [6, 6.07) is 4.25. The Morgan fingerprint density at radius 1 is 1.35 bits per heavy atom. The summed E-state index contributed by atoms with van der Waals surface area (Å²) in [7, 11) is 0. The summed E-state index contributed by atoms with van der Waals surface area (Å²) in [6.07, 6.45) is 2.90. The van der Waals surface area contributed by atoms with Gasteiger partial charge in [-0.25, -0.2) is 8.78 Å². The lowest BCUT2D eigenvalue weighted by Crippen LogP contribution is -2.44. The molecule has 1 amide bonds. The highest BCUT2D eigenvalue weighted by Crippen LogP contribution is 2.16. The number of rotatable bonds is 6. The van der Waals surface area contributed by atoms with Gasteiger partial charge in [0.2, 0.25) is 5.91 Å². The van der Waals surface area contributed by atoms with Gasteiger partial charge in [0.15, 0.2) is 11.6 Å². The average Bonchev–Trinajstić information content (AvgIpc) is 2.51. The van der Waals surface area contributed by atoms with Crippen LogP contribution in [0.1, 0.15) is 38.2 Å². The van der Waals surface area contributed by atoms with Crippen molar-refractivity contribution < 1.29 is 13.6 Å². The van der Waals surface area contributed by atoms with Crippen molar-refractivity contribution in [3.05, 3.63) is 35.4 Å². The number of carbonyl (C=O) groups is 1. The van der Waals surface area contributed by atoms with Crippen molar-refractivity contribution in [2.45, 2.75) is 51.2 Å². The zero-order chi connectivity index (χ0) is 16.8. The molecule has 0 radical (unpaired) electrons. The second-order valence-corrected chi connectivity index (χ2v) is 6.38. The van der Waals surface area contributed by atoms with Gasteiger partial charge in [-0.3, -0.25) is 9.69 Å². The third-order valence-corrected chi connectivity index (χ3v) is 4.17. The molecule has 0 aliphatic carbocycles. The highest BCUT2D eigenvalue weighted by molar-refractivity contribution is 5.76. The summed E-state index contributed by atoms with van der Waals surface area (Å²) in [4.78, 5) is 14.0. The summed E-state index contributed by atoms with van der Waals surface area (Å²) in [6.45, 7) is 4.15. The van der Waals surface area contributed by atoms with E-state index < -0.39 is 11.6 Å². The van der Waals surface area contributed by atoms with Crippen LogP contribution < -0.4 is 11.1 Å². The normalized spacial score (nSPS) is 17.9. The van der Waals surface area contributed by atoms with Gasteiger partial charge in [-0.1, -0.05) is 6.07 Å². The van der Waals surface area contributed by atoms with Gasteiger partial charge in [0, 0.05) is 38.1 Å². The number of nitrogens with one attached hydrogen (secondary N) is 1. The number of piperidine rings is 1. The fraction of sp³-hybridized carbons (Fsp3) is 0.588. The molecule has 23 heavy (non-hydrogen) atoms. The van der Waals surface area contributed by atoms with E-state index >= 15 is 0 Å². The van der Waals surface area contributed by atoms with E-state index in [0.29, 0.717) is 19.4 Å². The van der Waals surface area contributed by atoms with Gasteiger partial charge in [-0.05, 0) is 43.9 Å². The van der Waals surface area contributed by atoms with Gasteiger partial charge in [-0.2, -0.15) is 0 Å². The van der Waals surface area contributed by atoms with Crippen LogP contribution >= 0.6 is 0 Å². The zero-order valence-electron chi connectivity index (χ0n) is 13.5. The number of carbonyl (C=O) groups excluding carboxylic acids is 1. The lowest BCUT2D eigenvalue weighted by molar-refractivity contribution is -0.122. The lowest BCUT2D eigenvalue weighted by atomic mass is 10.0. The van der Waals surface area contributed by atoms with Crippen LogP contribution in [0.4, 0.5) is 8.78 Å². The minimum atomic E-state index is -0.818. The van der Waals surface area contributed by atoms with Crippen LogP contribution in [0.25, 0.3) is 0 Å². The Bertz CT molecular complexity index is 529. The quantitative estimate of drug-likeness (QED) is 0.843. The Morgan fingerprint density at radius 2 is 2.04 bits per heavy atom. The number of benzene rings is 1. The molecule has 1 fully saturated rings. The van der Waals surface area contributed by atoms with Crippen molar-refractivity contribution in [2.24, 2.45) is 5.73 Å². The molecule has 1 atom stereocenters. The molecule has 1 aliphatic rings. The molecule has 4 nitrogen and oxygen atoms in total. The Morgan fingerprint density at radius 3 is 2.65 bits per heavy atom. The highest BCUT2D eigenvalue weighted by Gasteiger charge is 2.21. The summed E-state index contributed by atoms with van der Waals surface area (Å²) in [5, 5.41) is 3.04. The van der Waals surface area contributed by atoms with E-state index in [1.165, 1.54) is 6.07 Å². The largest absolute Gasteiger partial charge is 0.353 e. The summed E-state index contributed by atoms with van der Waals surface area (Å²) >= 11 is 0. The van der Waals surface area contributed by atoms with Crippen LogP contribution in [-0.2, 0) is 11.3 Å². The molecule has 1 unspecified atom stereocenters. The first-order valence-electron chi connectivity index (χ1n) is 8.15. The zero-order valence-corrected chi connectivity index (χ0v) is 13.5. The monoisotopic (exact) mass is 325 g/mol. The minimum Gasteiger partial charge on any atom is -0.353 e. The second kappa shape index (κ2) is 8.36. The van der Waals surface area contributed by atoms with Crippen molar-refractivity contribution in [2.75, 3.05) is 13.1 Å². The molecule has 0 spiro atoms. The maximum Gasteiger partial charge on any atom is 0.220 e. The molecule has 1 aromatic carbocycles. The molecule has 1 heterocycles. The van der Waals surface area contributed by atoms with Crippen molar-refractivity contribution in [1.29, 1.82) is 0 Å². The SMILES string of the molecule is CC(N)CCC(=O)NC1CCN(Cc2ccc(F)c(F)c2)CC1. The Balaban J connectivity index is 1.73. The third-order valence-electron chi connectivity index (χ3n) is 4.17. The maximum absolute atomic E-state index is 13.2. The van der Waals surface area contributed by atoms with E-state index in [9.17, 15) is 13.6 Å². The summed E-state index contributed by atoms with van der Waals surface area (Å²) < 4.78 is 26.1. The predicted octanol–water partition coefficient (Wildman–Crippen LogP) is 2.17. The average molecular weight is 325 g/mol. The van der Waals surface area contributed by atoms with E-state index in [-0.39, 0.29) is 18.0 Å². The Hall–Kier alpha value is -1.53. The van der Waals surface area contributed by atoms with E-state index in [2.05, 4.69) is 10.2 Å². The molecule has 128 valence electrons. The van der Waals surface area contributed by atoms with Crippen LogP contribution in [0.2, 0.25) is 0 Å². The molecule has 0 aromatic heterocycles. The van der Waals surface area contributed by atoms with Gasteiger partial charge < -0.3 is 11.1 Å². The molecular weight excluding hydrogens is 300 g/mol. The minimum absolute atomic E-state index is 0.0405. The van der Waals surface area contributed by atoms with Crippen LogP contribution in [0.15, 0.2) is 18.2 Å². The Kier molecular flexibility index (Phi) is 6.47. The van der Waals surface area contributed by atoms with Crippen molar-refractivity contribution in [3.8, 4) is 0 Å². The number of hydrogen-bond donors (Lipinski definition) is 2. The van der Waals surface area contributed by atoms with E-state index in [4.69, 9.17) is 5.73 Å². The number of nitrogens with zero attached hydrogens (tertiary/aromatic N) is 1. The fourth-order valence-electron chi connectivity index (χ4n) is 2.79. The summed E-state index contributed by atoms with van der Waals surface area (Å²) in [5.41, 5.74) is 6.42. The first kappa shape index (κ1) is 17.8. The first-order valence-corrected chi connectivity index (χ1v) is 8.15. The molecular formula is C17H25F2N3O. The standard InChI is InChI=1S/C17H25F2N3O/c1-12(20)2-5-17(23)21-14-6-8-22(9-7-14)11-13-3-4-15(18)16(19)10-13/h3-4,10,12,14H,2,5-9,11,20H2,1H3,(H,21,23). The van der Waals surface area contributed by atoms with Gasteiger partial charge in [0.25, 0.3) is 0 Å². The van der Waals surface area contributed by atoms with Crippen LogP contribution in [0.3, 0.4) is 0 Å². The maximum atomic E-state index is 13.2. The lowest BCUT2D eigenvalue weighted by Gasteiger charge is -2.32. The molecule has 3 N–H and O–H groups in total. The van der Waals surface area contributed by atoms with E-state index in [1.807, 2.05) is 6.92 Å². The first-order chi connectivity index (χ1) is 10.9. The third kappa shape index (κ3) is 5.88. The molecule has 2 rings (SSSR count). The van der Waals surface area contributed by atoms with Gasteiger partial charge in [0.1, 0.15) is 0 Å². The number of likely N-dealkylation sites (tertiary alicyclic amines) is 1. The molecule has 1 saturated heterocycles. The molecule has 6 heteroatoms. The van der Waals surface area contributed by atoms with Crippen LogP contribution in [0.5, 0.6) is 0 Å². The predicted molar refractivity (Wildman–Crippen MR) is 85.7 cm³/mol. The second-order valence-electron chi connectivity index (χ2n) is 6.38. The number of halogens is 2. The van der Waals surface area contributed by atoms with Gasteiger partial charge >= 0.3 is 0 Å². The van der Waals surface area contributed by atoms with Crippen molar-refractivity contribution >= 4 is 5.91 Å². The molecule has 0 saturated carbocycles. The number of amides is 1. The van der Waals surface area contributed by atoms with E-state index in [1.54, 1.807) is 6.07 Å². The van der Waals surface area contributed by atoms with Gasteiger partial charge in [0.05, 0.1) is 0 Å². The highest BCUT2D eigenvalue weighted by atomic mass is 19.2. The van der Waals surface area contributed by atoms with E-state index in [0.717, 1.165) is 37.6 Å². The van der Waals surface area contributed by atoms with Crippen LogP contribution in [0, 0.1) is 11.6 Å². The number of hydrogen-bond acceptors (Lipinski definition) is 3. The van der Waals surface area contributed by atoms with Gasteiger partial charge in [-0.15, -0.1) is 0 Å². The Labute approximate surface area is 136 Å². The fourth-order valence-corrected chi connectivity index (χ4v) is 2.79. The topological polar surface area (TPSA) is 58.4 Å². The number of nitrogens with two attached hydrogens (primary N) is 1. The van der Waals surface area contributed by atoms with Crippen molar-refractivity contribution in [1.82, 2.24) is 10.2 Å². The van der Waals surface area contributed by atoms with Crippen molar-refractivity contribution in [3.63, 3.8) is 0 Å². The summed E-state index contributed by atoms with van der Waals surface area (Å²) in [5.74, 6) is -1.57. The smallest absolute Gasteiger partial charge is 0.220 e. The molecule has 1 aromatic rings. The molecule has 0 bridgehead atoms. The molecule has 1 aliphatic heterocycles. The van der Waals surface area contributed by atoms with Crippen LogP contribution in [-0.4, -0.2) is 36.0 Å².